The standard InChI is InChI=1S/C14H22O3/c1-5-11-10-12(8-9-13(11)15-4)14(16-6-2)17-7-3/h8-10,14H,5-7H2,1-4H3. The molecule has 0 bridgehead atoms. The smallest absolute Gasteiger partial charge is 0.183 e. The third-order valence-corrected chi connectivity index (χ3v) is 2.59. The second kappa shape index (κ2) is 7.30. The van der Waals surface area contributed by atoms with E-state index in [4.69, 9.17) is 14.2 Å². The Morgan fingerprint density at radius 2 is 1.71 bits per heavy atom. The molecule has 0 aliphatic heterocycles. The summed E-state index contributed by atoms with van der Waals surface area (Å²) in [5.74, 6) is 0.919. The van der Waals surface area contributed by atoms with Crippen LogP contribution in [-0.2, 0) is 15.9 Å². The first-order valence-electron chi connectivity index (χ1n) is 6.16. The number of rotatable bonds is 7. The summed E-state index contributed by atoms with van der Waals surface area (Å²) in [6.45, 7) is 7.32. The first kappa shape index (κ1) is 14.0. The highest BCUT2D eigenvalue weighted by Crippen LogP contribution is 2.26. The summed E-state index contributed by atoms with van der Waals surface area (Å²) in [7, 11) is 1.69. The Morgan fingerprint density at radius 1 is 1.06 bits per heavy atom. The van der Waals surface area contributed by atoms with Gasteiger partial charge in [-0.1, -0.05) is 13.0 Å². The SMILES string of the molecule is CCOC(OCC)c1ccc(OC)c(CC)c1. The van der Waals surface area contributed by atoms with Crippen LogP contribution >= 0.6 is 0 Å². The molecule has 1 rings (SSSR count). The quantitative estimate of drug-likeness (QED) is 0.682. The number of benzene rings is 1. The Morgan fingerprint density at radius 3 is 2.18 bits per heavy atom. The summed E-state index contributed by atoms with van der Waals surface area (Å²) in [6.07, 6.45) is 0.656. The Hall–Kier alpha value is -1.06. The molecule has 0 unspecified atom stereocenters. The molecule has 0 atom stereocenters. The second-order valence-electron chi connectivity index (χ2n) is 3.67. The van der Waals surface area contributed by atoms with E-state index in [2.05, 4.69) is 13.0 Å². The summed E-state index contributed by atoms with van der Waals surface area (Å²) in [6, 6.07) is 6.06. The van der Waals surface area contributed by atoms with E-state index in [0.717, 1.165) is 17.7 Å². The molecular weight excluding hydrogens is 216 g/mol. The number of aryl methyl sites for hydroxylation is 1. The first-order valence-corrected chi connectivity index (χ1v) is 6.16. The van der Waals surface area contributed by atoms with Gasteiger partial charge in [-0.3, -0.25) is 0 Å². The van der Waals surface area contributed by atoms with E-state index in [9.17, 15) is 0 Å². The number of ether oxygens (including phenoxy) is 3. The molecule has 0 saturated carbocycles. The van der Waals surface area contributed by atoms with Gasteiger partial charge in [0.05, 0.1) is 7.11 Å². The molecule has 17 heavy (non-hydrogen) atoms. The fourth-order valence-electron chi connectivity index (χ4n) is 1.76. The van der Waals surface area contributed by atoms with Crippen LogP contribution in [0.5, 0.6) is 5.75 Å². The molecule has 96 valence electrons. The predicted molar refractivity (Wildman–Crippen MR) is 68.4 cm³/mol. The van der Waals surface area contributed by atoms with Crippen molar-refractivity contribution >= 4 is 0 Å². The third kappa shape index (κ3) is 3.72. The molecule has 1 aromatic rings. The van der Waals surface area contributed by atoms with E-state index >= 15 is 0 Å². The molecular formula is C14H22O3. The largest absolute Gasteiger partial charge is 0.496 e. The van der Waals surface area contributed by atoms with Crippen molar-refractivity contribution in [2.75, 3.05) is 20.3 Å². The van der Waals surface area contributed by atoms with Gasteiger partial charge in [0.15, 0.2) is 6.29 Å². The number of hydrogen-bond donors (Lipinski definition) is 0. The van der Waals surface area contributed by atoms with Crippen LogP contribution in [0.3, 0.4) is 0 Å². The summed E-state index contributed by atoms with van der Waals surface area (Å²) >= 11 is 0. The van der Waals surface area contributed by atoms with Gasteiger partial charge in [0.2, 0.25) is 0 Å². The van der Waals surface area contributed by atoms with Crippen LogP contribution in [0.4, 0.5) is 0 Å². The van der Waals surface area contributed by atoms with Crippen LogP contribution in [0, 0.1) is 0 Å². The van der Waals surface area contributed by atoms with Crippen LogP contribution in [0.25, 0.3) is 0 Å². The minimum absolute atomic E-state index is 0.277. The third-order valence-electron chi connectivity index (χ3n) is 2.59. The lowest BCUT2D eigenvalue weighted by Crippen LogP contribution is -2.09. The summed E-state index contributed by atoms with van der Waals surface area (Å²) < 4.78 is 16.5. The van der Waals surface area contributed by atoms with Gasteiger partial charge in [-0.2, -0.15) is 0 Å². The van der Waals surface area contributed by atoms with Gasteiger partial charge in [-0.15, -0.1) is 0 Å². The highest BCUT2D eigenvalue weighted by Gasteiger charge is 2.13. The van der Waals surface area contributed by atoms with Crippen molar-refractivity contribution in [2.24, 2.45) is 0 Å². The molecule has 0 N–H and O–H groups in total. The molecule has 0 radical (unpaired) electrons. The van der Waals surface area contributed by atoms with Crippen molar-refractivity contribution in [3.8, 4) is 5.75 Å². The topological polar surface area (TPSA) is 27.7 Å². The van der Waals surface area contributed by atoms with Gasteiger partial charge < -0.3 is 14.2 Å². The molecule has 0 fully saturated rings. The summed E-state index contributed by atoms with van der Waals surface area (Å²) in [5.41, 5.74) is 2.22. The van der Waals surface area contributed by atoms with E-state index in [1.807, 2.05) is 26.0 Å². The highest BCUT2D eigenvalue weighted by atomic mass is 16.7. The molecule has 0 aromatic heterocycles. The average molecular weight is 238 g/mol. The van der Waals surface area contributed by atoms with Gasteiger partial charge in [-0.25, -0.2) is 0 Å². The predicted octanol–water partition coefficient (Wildman–Crippen LogP) is 3.33. The van der Waals surface area contributed by atoms with Crippen molar-refractivity contribution < 1.29 is 14.2 Å². The molecule has 3 nitrogen and oxygen atoms in total. The molecule has 0 saturated heterocycles. The van der Waals surface area contributed by atoms with Crippen molar-refractivity contribution in [3.63, 3.8) is 0 Å². The van der Waals surface area contributed by atoms with Crippen molar-refractivity contribution in [3.05, 3.63) is 29.3 Å². The molecule has 0 aliphatic rings. The molecule has 1 aromatic carbocycles. The minimum atomic E-state index is -0.277. The molecule has 3 heteroatoms. The van der Waals surface area contributed by atoms with Gasteiger partial charge >= 0.3 is 0 Å². The van der Waals surface area contributed by atoms with Crippen LogP contribution in [0.15, 0.2) is 18.2 Å². The lowest BCUT2D eigenvalue weighted by molar-refractivity contribution is -0.140. The lowest BCUT2D eigenvalue weighted by Gasteiger charge is -2.18. The van der Waals surface area contributed by atoms with Crippen molar-refractivity contribution in [1.82, 2.24) is 0 Å². The average Bonchev–Trinajstić information content (AvgIpc) is 2.37. The Kier molecular flexibility index (Phi) is 6.01. The number of hydrogen-bond acceptors (Lipinski definition) is 3. The summed E-state index contributed by atoms with van der Waals surface area (Å²) in [5, 5.41) is 0. The fraction of sp³-hybridized carbons (Fsp3) is 0.571. The number of methoxy groups -OCH3 is 1. The van der Waals surface area contributed by atoms with Gasteiger partial charge in [0.1, 0.15) is 5.75 Å². The molecule has 0 heterocycles. The van der Waals surface area contributed by atoms with Gasteiger partial charge in [0, 0.05) is 18.8 Å². The zero-order valence-corrected chi connectivity index (χ0v) is 11.2. The molecule has 0 aliphatic carbocycles. The normalized spacial score (nSPS) is 10.9. The monoisotopic (exact) mass is 238 g/mol. The maximum Gasteiger partial charge on any atom is 0.183 e. The maximum atomic E-state index is 5.58. The summed E-state index contributed by atoms with van der Waals surface area (Å²) in [4.78, 5) is 0. The minimum Gasteiger partial charge on any atom is -0.496 e. The van der Waals surface area contributed by atoms with Gasteiger partial charge in [-0.05, 0) is 38.0 Å². The zero-order chi connectivity index (χ0) is 12.7. The van der Waals surface area contributed by atoms with Crippen LogP contribution in [0.2, 0.25) is 0 Å². The van der Waals surface area contributed by atoms with Crippen LogP contribution in [0.1, 0.15) is 38.2 Å². The van der Waals surface area contributed by atoms with E-state index < -0.39 is 0 Å². The maximum absolute atomic E-state index is 5.58. The Labute approximate surface area is 104 Å². The van der Waals surface area contributed by atoms with Crippen molar-refractivity contribution in [2.45, 2.75) is 33.5 Å². The first-order chi connectivity index (χ1) is 8.26. The zero-order valence-electron chi connectivity index (χ0n) is 11.2. The van der Waals surface area contributed by atoms with E-state index in [0.29, 0.717) is 13.2 Å². The van der Waals surface area contributed by atoms with Crippen LogP contribution < -0.4 is 4.74 Å². The second-order valence-corrected chi connectivity index (χ2v) is 3.67. The van der Waals surface area contributed by atoms with Crippen molar-refractivity contribution in [1.29, 1.82) is 0 Å². The Bertz CT molecular complexity index is 330. The van der Waals surface area contributed by atoms with E-state index in [-0.39, 0.29) is 6.29 Å². The fourth-order valence-corrected chi connectivity index (χ4v) is 1.76. The van der Waals surface area contributed by atoms with Crippen LogP contribution in [-0.4, -0.2) is 20.3 Å². The van der Waals surface area contributed by atoms with E-state index in [1.165, 1.54) is 5.56 Å². The Balaban J connectivity index is 2.94. The van der Waals surface area contributed by atoms with Gasteiger partial charge in [0.25, 0.3) is 0 Å². The van der Waals surface area contributed by atoms with E-state index in [1.54, 1.807) is 7.11 Å². The molecule has 0 amide bonds. The highest BCUT2D eigenvalue weighted by molar-refractivity contribution is 5.37. The molecule has 0 spiro atoms. The lowest BCUT2D eigenvalue weighted by atomic mass is 10.1.